The largest absolute Gasteiger partial charge is 0.339 e. The van der Waals surface area contributed by atoms with Gasteiger partial charge in [-0.05, 0) is 44.2 Å². The highest BCUT2D eigenvalue weighted by atomic mass is 32.2. The summed E-state index contributed by atoms with van der Waals surface area (Å²) in [6.07, 6.45) is 3.50. The lowest BCUT2D eigenvalue weighted by atomic mass is 10.2. The average Bonchev–Trinajstić information content (AvgIpc) is 3.22. The van der Waals surface area contributed by atoms with Gasteiger partial charge in [-0.3, -0.25) is 14.3 Å². The number of hydrogen-bond donors (Lipinski definition) is 0. The lowest BCUT2D eigenvalue weighted by Gasteiger charge is -2.35. The van der Waals surface area contributed by atoms with Gasteiger partial charge in [-0.15, -0.1) is 10.2 Å². The van der Waals surface area contributed by atoms with Crippen molar-refractivity contribution in [1.82, 2.24) is 29.5 Å². The number of hydrogen-bond acceptors (Lipinski definition) is 6. The molecule has 0 spiro atoms. The molecule has 4 rings (SSSR count). The van der Waals surface area contributed by atoms with Crippen molar-refractivity contribution in [3.05, 3.63) is 54.4 Å². The van der Waals surface area contributed by atoms with Gasteiger partial charge in [0.2, 0.25) is 5.91 Å². The van der Waals surface area contributed by atoms with Gasteiger partial charge in [-0.1, -0.05) is 36.9 Å². The Hall–Kier alpha value is -2.71. The van der Waals surface area contributed by atoms with Crippen LogP contribution >= 0.6 is 11.8 Å². The molecule has 0 radical (unpaired) electrons. The zero-order valence-corrected chi connectivity index (χ0v) is 19.0. The summed E-state index contributed by atoms with van der Waals surface area (Å²) in [6, 6.07) is 12.0. The first-order chi connectivity index (χ1) is 15.1. The van der Waals surface area contributed by atoms with E-state index in [1.54, 1.807) is 12.4 Å². The molecule has 1 saturated heterocycles. The Labute approximate surface area is 187 Å². The molecule has 1 amide bonds. The third-order valence-electron chi connectivity index (χ3n) is 5.69. The first-order valence-electron chi connectivity index (χ1n) is 10.7. The van der Waals surface area contributed by atoms with Crippen molar-refractivity contribution in [2.45, 2.75) is 31.2 Å². The van der Waals surface area contributed by atoms with E-state index in [0.29, 0.717) is 5.16 Å². The van der Waals surface area contributed by atoms with Crippen LogP contribution in [0.5, 0.6) is 0 Å². The lowest BCUT2D eigenvalue weighted by molar-refractivity contribution is -0.132. The molecule has 1 fully saturated rings. The number of thioether (sulfide) groups is 1. The van der Waals surface area contributed by atoms with Gasteiger partial charge in [0.25, 0.3) is 0 Å². The first-order valence-corrected chi connectivity index (χ1v) is 11.6. The molecular formula is C23H28N6OS. The van der Waals surface area contributed by atoms with Crippen molar-refractivity contribution in [2.24, 2.45) is 0 Å². The predicted octanol–water partition coefficient (Wildman–Crippen LogP) is 3.28. The van der Waals surface area contributed by atoms with Crippen molar-refractivity contribution >= 4 is 17.7 Å². The van der Waals surface area contributed by atoms with Crippen LogP contribution in [-0.2, 0) is 4.79 Å². The number of carbonyl (C=O) groups excluding carboxylic acids is 1. The zero-order chi connectivity index (χ0) is 21.8. The molecule has 3 aromatic rings. The maximum atomic E-state index is 13.1. The van der Waals surface area contributed by atoms with Crippen LogP contribution in [0.25, 0.3) is 17.1 Å². The van der Waals surface area contributed by atoms with Crippen LogP contribution in [0, 0.1) is 6.92 Å². The number of rotatable bonds is 6. The van der Waals surface area contributed by atoms with Crippen LogP contribution in [-0.4, -0.2) is 73.4 Å². The highest BCUT2D eigenvalue weighted by Gasteiger charge is 2.27. The minimum Gasteiger partial charge on any atom is -0.339 e. The predicted molar refractivity (Wildman–Crippen MR) is 123 cm³/mol. The number of carbonyl (C=O) groups is 1. The quantitative estimate of drug-likeness (QED) is 0.553. The fourth-order valence-electron chi connectivity index (χ4n) is 3.82. The molecule has 0 saturated carbocycles. The SMILES string of the molecule is CCN1CCN(C(=O)C(C)Sc2nnc(-c3ccncc3)n2-c2ccccc2C)CC1. The van der Waals surface area contributed by atoms with Crippen molar-refractivity contribution < 1.29 is 4.79 Å². The van der Waals surface area contributed by atoms with E-state index in [9.17, 15) is 4.79 Å². The monoisotopic (exact) mass is 436 g/mol. The van der Waals surface area contributed by atoms with Gasteiger partial charge in [0.1, 0.15) is 0 Å². The van der Waals surface area contributed by atoms with Crippen molar-refractivity contribution in [3.63, 3.8) is 0 Å². The molecule has 162 valence electrons. The van der Waals surface area contributed by atoms with Crippen molar-refractivity contribution in [2.75, 3.05) is 32.7 Å². The molecule has 3 heterocycles. The van der Waals surface area contributed by atoms with Gasteiger partial charge in [0, 0.05) is 44.1 Å². The summed E-state index contributed by atoms with van der Waals surface area (Å²) in [5.41, 5.74) is 3.07. The van der Waals surface area contributed by atoms with E-state index in [2.05, 4.69) is 46.1 Å². The van der Waals surface area contributed by atoms with E-state index in [1.807, 2.05) is 40.7 Å². The number of nitrogens with zero attached hydrogens (tertiary/aromatic N) is 6. The molecule has 2 aromatic heterocycles. The van der Waals surface area contributed by atoms with Crippen LogP contribution in [0.2, 0.25) is 0 Å². The maximum Gasteiger partial charge on any atom is 0.235 e. The second kappa shape index (κ2) is 9.62. The number of likely N-dealkylation sites (N-methyl/N-ethyl adjacent to an activating group) is 1. The zero-order valence-electron chi connectivity index (χ0n) is 18.2. The summed E-state index contributed by atoms with van der Waals surface area (Å²) >= 11 is 1.47. The smallest absolute Gasteiger partial charge is 0.235 e. The third-order valence-corrected chi connectivity index (χ3v) is 6.72. The van der Waals surface area contributed by atoms with Gasteiger partial charge in [0.05, 0.1) is 10.9 Å². The van der Waals surface area contributed by atoms with Gasteiger partial charge >= 0.3 is 0 Å². The summed E-state index contributed by atoms with van der Waals surface area (Å²) in [4.78, 5) is 21.6. The molecule has 1 aliphatic rings. The van der Waals surface area contributed by atoms with E-state index >= 15 is 0 Å². The van der Waals surface area contributed by atoms with Crippen LogP contribution < -0.4 is 0 Å². The van der Waals surface area contributed by atoms with Gasteiger partial charge in [-0.2, -0.15) is 0 Å². The van der Waals surface area contributed by atoms with E-state index in [-0.39, 0.29) is 11.2 Å². The Kier molecular flexibility index (Phi) is 6.67. The van der Waals surface area contributed by atoms with Gasteiger partial charge < -0.3 is 9.80 Å². The highest BCUT2D eigenvalue weighted by Crippen LogP contribution is 2.31. The van der Waals surface area contributed by atoms with Crippen LogP contribution in [0.15, 0.2) is 53.9 Å². The Balaban J connectivity index is 1.62. The fraction of sp³-hybridized carbons (Fsp3) is 0.391. The fourth-order valence-corrected chi connectivity index (χ4v) is 4.76. The van der Waals surface area contributed by atoms with Gasteiger partial charge in [-0.25, -0.2) is 0 Å². The van der Waals surface area contributed by atoms with E-state index in [4.69, 9.17) is 0 Å². The minimum absolute atomic E-state index is 0.158. The Morgan fingerprint density at radius 1 is 1.06 bits per heavy atom. The summed E-state index contributed by atoms with van der Waals surface area (Å²) < 4.78 is 2.05. The number of aryl methyl sites for hydroxylation is 1. The number of para-hydroxylation sites is 1. The molecule has 1 unspecified atom stereocenters. The maximum absolute atomic E-state index is 13.1. The molecule has 1 aromatic carbocycles. The molecule has 1 atom stereocenters. The third kappa shape index (κ3) is 4.65. The summed E-state index contributed by atoms with van der Waals surface area (Å²) in [5.74, 6) is 0.904. The second-order valence-corrected chi connectivity index (χ2v) is 8.99. The van der Waals surface area contributed by atoms with Gasteiger partial charge in [0.15, 0.2) is 11.0 Å². The van der Waals surface area contributed by atoms with Crippen LogP contribution in [0.4, 0.5) is 0 Å². The van der Waals surface area contributed by atoms with Crippen molar-refractivity contribution in [1.29, 1.82) is 0 Å². The standard InChI is InChI=1S/C23H28N6OS/c1-4-27-13-15-28(16-14-27)22(30)18(3)31-23-26-25-21(19-9-11-24-12-10-19)29(23)20-8-6-5-7-17(20)2/h5-12,18H,4,13-16H2,1-3H3. The molecule has 7 nitrogen and oxygen atoms in total. The van der Waals surface area contributed by atoms with E-state index < -0.39 is 0 Å². The summed E-state index contributed by atoms with van der Waals surface area (Å²) in [5, 5.41) is 9.43. The second-order valence-electron chi connectivity index (χ2n) is 7.68. The number of benzene rings is 1. The average molecular weight is 437 g/mol. The van der Waals surface area contributed by atoms with Crippen LogP contribution in [0.3, 0.4) is 0 Å². The number of aromatic nitrogens is 4. The topological polar surface area (TPSA) is 67.2 Å². The van der Waals surface area contributed by atoms with Crippen LogP contribution in [0.1, 0.15) is 19.4 Å². The molecule has 31 heavy (non-hydrogen) atoms. The normalized spacial score (nSPS) is 15.8. The van der Waals surface area contributed by atoms with E-state index in [1.165, 1.54) is 11.8 Å². The molecule has 8 heteroatoms. The molecule has 0 bridgehead atoms. The van der Waals surface area contributed by atoms with E-state index in [0.717, 1.165) is 55.4 Å². The lowest BCUT2D eigenvalue weighted by Crippen LogP contribution is -2.50. The summed E-state index contributed by atoms with van der Waals surface area (Å²) in [6.45, 7) is 10.7. The minimum atomic E-state index is -0.245. The Morgan fingerprint density at radius 3 is 2.45 bits per heavy atom. The number of piperazine rings is 1. The molecule has 0 aliphatic carbocycles. The Morgan fingerprint density at radius 2 is 1.77 bits per heavy atom. The molecular weight excluding hydrogens is 408 g/mol. The number of pyridine rings is 1. The first kappa shape index (κ1) is 21.5. The summed E-state index contributed by atoms with van der Waals surface area (Å²) in [7, 11) is 0. The molecule has 0 N–H and O–H groups in total. The number of amides is 1. The highest BCUT2D eigenvalue weighted by molar-refractivity contribution is 8.00. The Bertz CT molecular complexity index is 1030. The van der Waals surface area contributed by atoms with Crippen molar-refractivity contribution in [3.8, 4) is 17.1 Å². The molecule has 1 aliphatic heterocycles.